The average Bonchev–Trinajstić information content (AvgIpc) is 2.72. The molecular weight excluding hydrogens is 261 g/mol. The summed E-state index contributed by atoms with van der Waals surface area (Å²) in [5.74, 6) is -0.237. The Bertz CT molecular complexity index is 487. The fourth-order valence-corrected chi connectivity index (χ4v) is 2.36. The Labute approximate surface area is 110 Å². The van der Waals surface area contributed by atoms with Crippen molar-refractivity contribution < 1.29 is 9.90 Å². The molecule has 92 valence electrons. The highest BCUT2D eigenvalue weighted by Crippen LogP contribution is 2.64. The molecular formula is C12H13Cl2NO2. The molecule has 0 spiro atoms. The van der Waals surface area contributed by atoms with E-state index < -0.39 is 9.75 Å². The molecule has 0 saturated heterocycles. The van der Waals surface area contributed by atoms with E-state index in [-0.39, 0.29) is 11.7 Å². The molecule has 1 aliphatic carbocycles. The Balaban J connectivity index is 2.15. The van der Waals surface area contributed by atoms with E-state index in [9.17, 15) is 9.90 Å². The first-order valence-electron chi connectivity index (χ1n) is 5.25. The second-order valence-electron chi connectivity index (χ2n) is 4.69. The number of rotatable bonds is 2. The van der Waals surface area contributed by atoms with Crippen LogP contribution in [0.4, 0.5) is 5.69 Å². The number of halogens is 2. The fourth-order valence-electron chi connectivity index (χ4n) is 1.65. The maximum atomic E-state index is 12.0. The Morgan fingerprint density at radius 3 is 2.53 bits per heavy atom. The fraction of sp³-hybridized carbons (Fsp3) is 0.417. The third kappa shape index (κ3) is 2.09. The lowest BCUT2D eigenvalue weighted by Gasteiger charge is -2.13. The smallest absolute Gasteiger partial charge is 0.233 e. The van der Waals surface area contributed by atoms with E-state index in [1.54, 1.807) is 25.1 Å². The van der Waals surface area contributed by atoms with Crippen LogP contribution in [-0.2, 0) is 4.79 Å². The third-order valence-corrected chi connectivity index (χ3v) is 4.26. The normalized spacial score (nSPS) is 25.4. The Morgan fingerprint density at radius 1 is 1.47 bits per heavy atom. The molecule has 0 aromatic heterocycles. The number of benzene rings is 1. The molecule has 1 amide bonds. The Kier molecular flexibility index (Phi) is 2.79. The number of hydrogen-bond donors (Lipinski definition) is 2. The number of carbonyl (C=O) groups is 1. The number of anilines is 1. The van der Waals surface area contributed by atoms with Crippen LogP contribution in [0.15, 0.2) is 18.2 Å². The number of alkyl halides is 2. The maximum absolute atomic E-state index is 12.0. The zero-order chi connectivity index (χ0) is 12.8. The summed E-state index contributed by atoms with van der Waals surface area (Å²) in [5, 5.41) is 12.3. The van der Waals surface area contributed by atoms with Crippen molar-refractivity contribution in [1.82, 2.24) is 0 Å². The number of phenols is 1. The van der Waals surface area contributed by atoms with Crippen molar-refractivity contribution in [1.29, 1.82) is 0 Å². The highest BCUT2D eigenvalue weighted by atomic mass is 35.5. The van der Waals surface area contributed by atoms with Crippen molar-refractivity contribution in [3.63, 3.8) is 0 Å². The maximum Gasteiger partial charge on any atom is 0.233 e. The molecule has 17 heavy (non-hydrogen) atoms. The van der Waals surface area contributed by atoms with Crippen LogP contribution in [0.1, 0.15) is 18.9 Å². The number of hydrogen-bond acceptors (Lipinski definition) is 2. The lowest BCUT2D eigenvalue weighted by molar-refractivity contribution is -0.120. The van der Waals surface area contributed by atoms with E-state index in [0.717, 1.165) is 5.56 Å². The van der Waals surface area contributed by atoms with Crippen LogP contribution >= 0.6 is 23.2 Å². The average molecular weight is 274 g/mol. The van der Waals surface area contributed by atoms with Crippen LogP contribution in [0.2, 0.25) is 0 Å². The van der Waals surface area contributed by atoms with Gasteiger partial charge in [-0.2, -0.15) is 0 Å². The minimum atomic E-state index is -1.00. The van der Waals surface area contributed by atoms with Crippen molar-refractivity contribution in [2.45, 2.75) is 24.6 Å². The van der Waals surface area contributed by atoms with Crippen LogP contribution in [0.25, 0.3) is 0 Å². The molecule has 2 rings (SSSR count). The SMILES string of the molecule is Cc1ccc(NC(=O)C2(C)CC2(Cl)Cl)c(O)c1. The second kappa shape index (κ2) is 3.79. The molecule has 2 N–H and O–H groups in total. The molecule has 0 heterocycles. The number of nitrogens with one attached hydrogen (secondary N) is 1. The zero-order valence-corrected chi connectivity index (χ0v) is 11.1. The molecule has 1 atom stereocenters. The molecule has 1 saturated carbocycles. The van der Waals surface area contributed by atoms with Crippen molar-refractivity contribution in [2.75, 3.05) is 5.32 Å². The van der Waals surface area contributed by atoms with E-state index in [1.807, 2.05) is 6.92 Å². The monoisotopic (exact) mass is 273 g/mol. The number of aromatic hydroxyl groups is 1. The van der Waals surface area contributed by atoms with Gasteiger partial charge in [-0.25, -0.2) is 0 Å². The molecule has 0 radical (unpaired) electrons. The molecule has 3 nitrogen and oxygen atoms in total. The second-order valence-corrected chi connectivity index (χ2v) is 6.17. The Hall–Kier alpha value is -0.930. The molecule has 1 unspecified atom stereocenters. The highest BCUT2D eigenvalue weighted by molar-refractivity contribution is 6.53. The van der Waals surface area contributed by atoms with Gasteiger partial charge >= 0.3 is 0 Å². The van der Waals surface area contributed by atoms with Gasteiger partial charge in [0.15, 0.2) is 0 Å². The molecule has 1 aromatic rings. The number of amides is 1. The largest absolute Gasteiger partial charge is 0.506 e. The van der Waals surface area contributed by atoms with Gasteiger partial charge in [0, 0.05) is 0 Å². The van der Waals surface area contributed by atoms with E-state index in [1.165, 1.54) is 0 Å². The molecule has 1 aromatic carbocycles. The molecule has 5 heteroatoms. The van der Waals surface area contributed by atoms with Crippen LogP contribution in [-0.4, -0.2) is 15.3 Å². The lowest BCUT2D eigenvalue weighted by atomic mass is 10.1. The van der Waals surface area contributed by atoms with Gasteiger partial charge in [0.05, 0.1) is 11.1 Å². The topological polar surface area (TPSA) is 49.3 Å². The minimum absolute atomic E-state index is 0.0392. The lowest BCUT2D eigenvalue weighted by Crippen LogP contribution is -2.25. The van der Waals surface area contributed by atoms with Crippen molar-refractivity contribution in [2.24, 2.45) is 5.41 Å². The number of carbonyl (C=O) groups excluding carboxylic acids is 1. The van der Waals surface area contributed by atoms with E-state index >= 15 is 0 Å². The van der Waals surface area contributed by atoms with Gasteiger partial charge in [0.1, 0.15) is 10.1 Å². The van der Waals surface area contributed by atoms with E-state index in [2.05, 4.69) is 5.32 Å². The first kappa shape index (κ1) is 12.5. The van der Waals surface area contributed by atoms with Gasteiger partial charge < -0.3 is 10.4 Å². The first-order valence-corrected chi connectivity index (χ1v) is 6.01. The van der Waals surface area contributed by atoms with Gasteiger partial charge in [-0.05, 0) is 38.0 Å². The summed E-state index contributed by atoms with van der Waals surface area (Å²) < 4.78 is -1.00. The molecule has 0 bridgehead atoms. The van der Waals surface area contributed by atoms with Crippen molar-refractivity contribution in [3.05, 3.63) is 23.8 Å². The number of aryl methyl sites for hydroxylation is 1. The van der Waals surface area contributed by atoms with Gasteiger partial charge in [-0.15, -0.1) is 23.2 Å². The summed E-state index contributed by atoms with van der Waals surface area (Å²) in [5.41, 5.74) is 0.507. The summed E-state index contributed by atoms with van der Waals surface area (Å²) in [7, 11) is 0. The summed E-state index contributed by atoms with van der Waals surface area (Å²) in [6.45, 7) is 3.56. The highest BCUT2D eigenvalue weighted by Gasteiger charge is 2.67. The predicted molar refractivity (Wildman–Crippen MR) is 68.6 cm³/mol. The summed E-state index contributed by atoms with van der Waals surface area (Å²) >= 11 is 11.8. The summed E-state index contributed by atoms with van der Waals surface area (Å²) in [6.07, 6.45) is 0.418. The predicted octanol–water partition coefficient (Wildman–Crippen LogP) is 3.22. The van der Waals surface area contributed by atoms with Crippen LogP contribution < -0.4 is 5.32 Å². The van der Waals surface area contributed by atoms with E-state index in [4.69, 9.17) is 23.2 Å². The molecule has 1 fully saturated rings. The first-order chi connectivity index (χ1) is 7.76. The van der Waals surface area contributed by atoms with Gasteiger partial charge in [0.25, 0.3) is 0 Å². The zero-order valence-electron chi connectivity index (χ0n) is 9.55. The summed E-state index contributed by atoms with van der Waals surface area (Å²) in [6, 6.07) is 5.04. The van der Waals surface area contributed by atoms with Gasteiger partial charge in [0.2, 0.25) is 5.91 Å². The number of phenolic OH excluding ortho intramolecular Hbond substituents is 1. The third-order valence-electron chi connectivity index (χ3n) is 3.16. The molecule has 0 aliphatic heterocycles. The van der Waals surface area contributed by atoms with Crippen LogP contribution in [0.3, 0.4) is 0 Å². The minimum Gasteiger partial charge on any atom is -0.506 e. The Morgan fingerprint density at radius 2 is 2.06 bits per heavy atom. The van der Waals surface area contributed by atoms with E-state index in [0.29, 0.717) is 12.1 Å². The van der Waals surface area contributed by atoms with Crippen LogP contribution in [0, 0.1) is 12.3 Å². The van der Waals surface area contributed by atoms with Gasteiger partial charge in [-0.1, -0.05) is 6.07 Å². The molecule has 1 aliphatic rings. The standard InChI is InChI=1S/C12H13Cl2NO2/c1-7-3-4-8(9(16)5-7)15-10(17)11(2)6-12(11,13)14/h3-5,16H,6H2,1-2H3,(H,15,17). The van der Waals surface area contributed by atoms with Crippen LogP contribution in [0.5, 0.6) is 5.75 Å². The quantitative estimate of drug-likeness (QED) is 0.642. The van der Waals surface area contributed by atoms with Crippen molar-refractivity contribution >= 4 is 34.8 Å². The summed E-state index contributed by atoms with van der Waals surface area (Å²) in [4.78, 5) is 12.0. The van der Waals surface area contributed by atoms with Crippen molar-refractivity contribution in [3.8, 4) is 5.75 Å². The van der Waals surface area contributed by atoms with Gasteiger partial charge in [-0.3, -0.25) is 4.79 Å².